The second kappa shape index (κ2) is 3.49. The number of aryl methyl sites for hydroxylation is 1. The molecule has 4 nitrogen and oxygen atoms in total. The Labute approximate surface area is 86.0 Å². The molecule has 1 aromatic rings. The lowest BCUT2D eigenvalue weighted by atomic mass is 10.1. The molecule has 0 saturated heterocycles. The quantitative estimate of drug-likeness (QED) is 0.721. The van der Waals surface area contributed by atoms with E-state index in [2.05, 4.69) is 9.97 Å². The summed E-state index contributed by atoms with van der Waals surface area (Å²) in [5.41, 5.74) is 2.76. The van der Waals surface area contributed by atoms with Crippen molar-refractivity contribution in [2.24, 2.45) is 0 Å². The molecule has 0 saturated carbocycles. The number of hydrogen-bond acceptors (Lipinski definition) is 3. The Morgan fingerprint density at radius 1 is 1.57 bits per heavy atom. The third kappa shape index (κ3) is 1.68. The van der Waals surface area contributed by atoms with Crippen LogP contribution in [-0.4, -0.2) is 21.0 Å². The van der Waals surface area contributed by atoms with Gasteiger partial charge < -0.3 is 10.1 Å². The molecule has 1 aliphatic rings. The summed E-state index contributed by atoms with van der Waals surface area (Å²) in [6, 6.07) is 0. The molecule has 2 N–H and O–H groups in total. The van der Waals surface area contributed by atoms with Gasteiger partial charge in [0.2, 0.25) is 0 Å². The molecule has 0 bridgehead atoms. The fraction of sp³-hybridized carbons (Fsp3) is 0.444. The molecule has 0 unspecified atom stereocenters. The summed E-state index contributed by atoms with van der Waals surface area (Å²) in [5, 5.41) is 8.70. The fourth-order valence-electron chi connectivity index (χ4n) is 1.84. The van der Waals surface area contributed by atoms with Crippen LogP contribution in [0.3, 0.4) is 0 Å². The van der Waals surface area contributed by atoms with Crippen LogP contribution in [0.25, 0.3) is 0 Å². The first-order chi connectivity index (χ1) is 6.66. The smallest absolute Gasteiger partial charge is 0.309 e. The highest BCUT2D eigenvalue weighted by Gasteiger charge is 2.18. The van der Waals surface area contributed by atoms with E-state index in [0.717, 1.165) is 30.5 Å². The first-order valence-electron chi connectivity index (χ1n) is 4.49. The van der Waals surface area contributed by atoms with Crippen molar-refractivity contribution in [1.82, 2.24) is 9.97 Å². The topological polar surface area (TPSA) is 66.0 Å². The van der Waals surface area contributed by atoms with E-state index < -0.39 is 5.97 Å². The van der Waals surface area contributed by atoms with Gasteiger partial charge in [0.05, 0.1) is 12.1 Å². The Bertz CT molecular complexity index is 439. The number of fused-ring (bicyclic) bond motifs is 1. The lowest BCUT2D eigenvalue weighted by Crippen LogP contribution is -2.07. The van der Waals surface area contributed by atoms with Crippen molar-refractivity contribution in [2.75, 3.05) is 0 Å². The summed E-state index contributed by atoms with van der Waals surface area (Å²) >= 11 is 4.93. The highest BCUT2D eigenvalue weighted by Crippen LogP contribution is 2.22. The number of aliphatic carboxylic acids is 1. The summed E-state index contributed by atoms with van der Waals surface area (Å²) in [5.74, 6) is -0.854. The lowest BCUT2D eigenvalue weighted by molar-refractivity contribution is -0.136. The first kappa shape index (κ1) is 9.33. The molecule has 1 aromatic heterocycles. The maximum atomic E-state index is 10.6. The van der Waals surface area contributed by atoms with Crippen LogP contribution in [0.5, 0.6) is 0 Å². The third-order valence-corrected chi connectivity index (χ3v) is 2.57. The van der Waals surface area contributed by atoms with E-state index in [9.17, 15) is 4.79 Å². The second-order valence-electron chi connectivity index (χ2n) is 3.37. The highest BCUT2D eigenvalue weighted by atomic mass is 32.1. The Hall–Kier alpha value is -1.23. The molecule has 74 valence electrons. The maximum absolute atomic E-state index is 10.6. The van der Waals surface area contributed by atoms with Gasteiger partial charge in [-0.15, -0.1) is 0 Å². The average Bonchev–Trinajstić information content (AvgIpc) is 2.50. The van der Waals surface area contributed by atoms with Gasteiger partial charge in [-0.1, -0.05) is 0 Å². The van der Waals surface area contributed by atoms with Gasteiger partial charge in [-0.05, 0) is 37.0 Å². The predicted molar refractivity (Wildman–Crippen MR) is 52.8 cm³/mol. The van der Waals surface area contributed by atoms with Crippen molar-refractivity contribution in [2.45, 2.75) is 25.7 Å². The van der Waals surface area contributed by atoms with Gasteiger partial charge >= 0.3 is 5.97 Å². The van der Waals surface area contributed by atoms with E-state index in [4.69, 9.17) is 17.3 Å². The van der Waals surface area contributed by atoms with E-state index in [1.54, 1.807) is 0 Å². The predicted octanol–water partition coefficient (Wildman–Crippen LogP) is 1.25. The molecule has 0 amide bonds. The molecule has 0 spiro atoms. The number of carbonyl (C=O) groups is 1. The minimum absolute atomic E-state index is 0.0271. The molecule has 0 atom stereocenters. The molecule has 0 fully saturated rings. The molecular weight excluding hydrogens is 200 g/mol. The van der Waals surface area contributed by atoms with Crippen molar-refractivity contribution in [3.05, 3.63) is 21.7 Å². The Morgan fingerprint density at radius 2 is 2.36 bits per heavy atom. The summed E-state index contributed by atoms with van der Waals surface area (Å²) in [4.78, 5) is 17.7. The molecule has 2 rings (SSSR count). The van der Waals surface area contributed by atoms with E-state index in [1.807, 2.05) is 0 Å². The summed E-state index contributed by atoms with van der Waals surface area (Å²) in [6.45, 7) is 0. The average molecular weight is 210 g/mol. The van der Waals surface area contributed by atoms with Crippen molar-refractivity contribution in [3.63, 3.8) is 0 Å². The Morgan fingerprint density at radius 3 is 3.07 bits per heavy atom. The molecular formula is C9H10N2O2S. The number of hydrogen-bond donors (Lipinski definition) is 2. The second-order valence-corrected chi connectivity index (χ2v) is 3.76. The van der Waals surface area contributed by atoms with Crippen LogP contribution in [0.1, 0.15) is 23.4 Å². The SMILES string of the molecule is O=C(O)Cc1nc(=S)[nH]c2c1CCC2. The van der Waals surface area contributed by atoms with Crippen LogP contribution in [-0.2, 0) is 24.1 Å². The van der Waals surface area contributed by atoms with Crippen LogP contribution >= 0.6 is 12.2 Å². The van der Waals surface area contributed by atoms with Crippen molar-refractivity contribution in [3.8, 4) is 0 Å². The number of nitrogens with zero attached hydrogens (tertiary/aromatic N) is 1. The number of carboxylic acid groups (broad SMARTS) is 1. The van der Waals surface area contributed by atoms with Gasteiger partial charge in [0.25, 0.3) is 0 Å². The normalized spacial score (nSPS) is 14.0. The number of aromatic amines is 1. The first-order valence-corrected chi connectivity index (χ1v) is 4.90. The van der Waals surface area contributed by atoms with E-state index >= 15 is 0 Å². The van der Waals surface area contributed by atoms with E-state index in [0.29, 0.717) is 10.5 Å². The van der Waals surface area contributed by atoms with Crippen LogP contribution < -0.4 is 0 Å². The van der Waals surface area contributed by atoms with Gasteiger partial charge in [-0.3, -0.25) is 4.79 Å². The van der Waals surface area contributed by atoms with E-state index in [-0.39, 0.29) is 6.42 Å². The van der Waals surface area contributed by atoms with Gasteiger partial charge in [0.15, 0.2) is 4.77 Å². The summed E-state index contributed by atoms with van der Waals surface area (Å²) in [7, 11) is 0. The molecule has 1 aliphatic carbocycles. The number of H-pyrrole nitrogens is 1. The van der Waals surface area contributed by atoms with Crippen molar-refractivity contribution >= 4 is 18.2 Å². The largest absolute Gasteiger partial charge is 0.481 e. The molecule has 0 aromatic carbocycles. The minimum Gasteiger partial charge on any atom is -0.481 e. The van der Waals surface area contributed by atoms with Gasteiger partial charge in [-0.25, -0.2) is 4.98 Å². The van der Waals surface area contributed by atoms with Crippen molar-refractivity contribution in [1.29, 1.82) is 0 Å². The molecule has 5 heteroatoms. The van der Waals surface area contributed by atoms with Crippen LogP contribution in [0.15, 0.2) is 0 Å². The minimum atomic E-state index is -0.854. The number of rotatable bonds is 2. The number of nitrogens with one attached hydrogen (secondary N) is 1. The zero-order valence-corrected chi connectivity index (χ0v) is 8.36. The lowest BCUT2D eigenvalue weighted by Gasteiger charge is -2.04. The standard InChI is InChI=1S/C9H10N2O2S/c12-8(13)4-7-5-2-1-3-6(5)10-9(14)11-7/h1-4H2,(H,12,13)(H,10,11,14). The number of carboxylic acids is 1. The van der Waals surface area contributed by atoms with Crippen LogP contribution in [0, 0.1) is 4.77 Å². The zero-order chi connectivity index (χ0) is 10.1. The van der Waals surface area contributed by atoms with E-state index in [1.165, 1.54) is 0 Å². The summed E-state index contributed by atoms with van der Waals surface area (Å²) < 4.78 is 0.391. The molecule has 0 radical (unpaired) electrons. The maximum Gasteiger partial charge on any atom is 0.309 e. The Balaban J connectivity index is 2.48. The molecule has 0 aliphatic heterocycles. The zero-order valence-electron chi connectivity index (χ0n) is 7.54. The third-order valence-electron chi connectivity index (χ3n) is 2.38. The Kier molecular flexibility index (Phi) is 2.33. The van der Waals surface area contributed by atoms with Crippen LogP contribution in [0.4, 0.5) is 0 Å². The number of aromatic nitrogens is 2. The van der Waals surface area contributed by atoms with Crippen molar-refractivity contribution < 1.29 is 9.90 Å². The van der Waals surface area contributed by atoms with Gasteiger partial charge in [-0.2, -0.15) is 0 Å². The fourth-order valence-corrected chi connectivity index (χ4v) is 2.07. The van der Waals surface area contributed by atoms with Gasteiger partial charge in [0.1, 0.15) is 0 Å². The monoisotopic (exact) mass is 210 g/mol. The van der Waals surface area contributed by atoms with Crippen LogP contribution in [0.2, 0.25) is 0 Å². The summed E-state index contributed by atoms with van der Waals surface area (Å²) in [6.07, 6.45) is 2.89. The highest BCUT2D eigenvalue weighted by molar-refractivity contribution is 7.71. The molecule has 14 heavy (non-hydrogen) atoms. The van der Waals surface area contributed by atoms with Gasteiger partial charge in [0, 0.05) is 5.69 Å². The molecule has 1 heterocycles.